The van der Waals surface area contributed by atoms with Crippen molar-refractivity contribution in [2.24, 2.45) is 5.10 Å². The van der Waals surface area contributed by atoms with E-state index >= 15 is 0 Å². The maximum absolute atomic E-state index is 13.3. The standard InChI is InChI=1S/C21H24N6O3S2/c1-13(2)26-21(22-24-25-26)32-12-20(28)27-16(11-15(23-27)19-6-5-9-31-19)14-7-8-17(29-3)18(10-14)30-4/h5-10,13,16H,11-12H2,1-4H3. The van der Waals surface area contributed by atoms with Gasteiger partial charge in [-0.3, -0.25) is 4.79 Å². The van der Waals surface area contributed by atoms with Gasteiger partial charge < -0.3 is 9.47 Å². The molecule has 4 rings (SSSR count). The van der Waals surface area contributed by atoms with E-state index in [0.29, 0.717) is 23.1 Å². The summed E-state index contributed by atoms with van der Waals surface area (Å²) < 4.78 is 12.5. The van der Waals surface area contributed by atoms with E-state index in [9.17, 15) is 4.79 Å². The number of thiophene rings is 1. The number of benzene rings is 1. The van der Waals surface area contributed by atoms with Crippen LogP contribution in [-0.4, -0.2) is 56.8 Å². The number of rotatable bonds is 8. The first-order chi connectivity index (χ1) is 15.5. The van der Waals surface area contributed by atoms with Crippen LogP contribution in [-0.2, 0) is 4.79 Å². The summed E-state index contributed by atoms with van der Waals surface area (Å²) in [7, 11) is 3.20. The molecule has 168 valence electrons. The summed E-state index contributed by atoms with van der Waals surface area (Å²) in [6, 6.07) is 9.59. The maximum Gasteiger partial charge on any atom is 0.253 e. The Morgan fingerprint density at radius 1 is 1.25 bits per heavy atom. The summed E-state index contributed by atoms with van der Waals surface area (Å²) in [5.74, 6) is 1.33. The second-order valence-corrected chi connectivity index (χ2v) is 9.28. The van der Waals surface area contributed by atoms with E-state index < -0.39 is 0 Å². The number of carbonyl (C=O) groups excluding carboxylic acids is 1. The molecule has 1 unspecified atom stereocenters. The second-order valence-electron chi connectivity index (χ2n) is 7.39. The third-order valence-corrected chi connectivity index (χ3v) is 6.88. The van der Waals surface area contributed by atoms with Crippen LogP contribution in [0.25, 0.3) is 0 Å². The van der Waals surface area contributed by atoms with Crippen LogP contribution in [0.5, 0.6) is 11.5 Å². The van der Waals surface area contributed by atoms with Crippen LogP contribution in [0.4, 0.5) is 0 Å². The Bertz CT molecular complexity index is 1110. The number of hydrazone groups is 1. The number of aromatic nitrogens is 4. The van der Waals surface area contributed by atoms with Gasteiger partial charge in [-0.15, -0.1) is 16.4 Å². The third-order valence-electron chi connectivity index (χ3n) is 5.04. The monoisotopic (exact) mass is 472 g/mol. The Hall–Kier alpha value is -2.92. The zero-order chi connectivity index (χ0) is 22.7. The van der Waals surface area contributed by atoms with E-state index in [1.54, 1.807) is 35.2 Å². The van der Waals surface area contributed by atoms with Crippen LogP contribution in [0.2, 0.25) is 0 Å². The molecule has 1 aliphatic heterocycles. The fourth-order valence-corrected chi connectivity index (χ4v) is 5.03. The van der Waals surface area contributed by atoms with E-state index in [4.69, 9.17) is 14.6 Å². The highest BCUT2D eigenvalue weighted by molar-refractivity contribution is 7.99. The highest BCUT2D eigenvalue weighted by Gasteiger charge is 2.34. The SMILES string of the molecule is COc1ccc(C2CC(c3cccs3)=NN2C(=O)CSc2nnnn2C(C)C)cc1OC. The Labute approximate surface area is 194 Å². The van der Waals surface area contributed by atoms with Crippen LogP contribution in [0.15, 0.2) is 46.0 Å². The van der Waals surface area contributed by atoms with E-state index in [-0.39, 0.29) is 23.7 Å². The highest BCUT2D eigenvalue weighted by Crippen LogP contribution is 2.38. The minimum atomic E-state index is -0.235. The molecule has 0 bridgehead atoms. The Kier molecular flexibility index (Phi) is 6.75. The predicted molar refractivity (Wildman–Crippen MR) is 124 cm³/mol. The molecule has 11 heteroatoms. The molecule has 3 heterocycles. The molecule has 0 fully saturated rings. The minimum absolute atomic E-state index is 0.109. The quantitative estimate of drug-likeness (QED) is 0.460. The summed E-state index contributed by atoms with van der Waals surface area (Å²) in [5, 5.41) is 20.7. The Morgan fingerprint density at radius 2 is 2.06 bits per heavy atom. The predicted octanol–water partition coefficient (Wildman–Crippen LogP) is 3.80. The third kappa shape index (κ3) is 4.49. The van der Waals surface area contributed by atoms with Crippen molar-refractivity contribution in [1.29, 1.82) is 0 Å². The number of methoxy groups -OCH3 is 2. The van der Waals surface area contributed by atoms with Crippen molar-refractivity contribution in [3.05, 3.63) is 46.2 Å². The summed E-state index contributed by atoms with van der Waals surface area (Å²) in [5.41, 5.74) is 1.83. The number of hydrogen-bond acceptors (Lipinski definition) is 9. The van der Waals surface area contributed by atoms with Crippen LogP contribution < -0.4 is 9.47 Å². The van der Waals surface area contributed by atoms with E-state index in [0.717, 1.165) is 16.2 Å². The van der Waals surface area contributed by atoms with Gasteiger partial charge in [-0.2, -0.15) is 5.10 Å². The first-order valence-corrected chi connectivity index (χ1v) is 11.9. The van der Waals surface area contributed by atoms with Gasteiger partial charge in [0.1, 0.15) is 0 Å². The minimum Gasteiger partial charge on any atom is -0.493 e. The van der Waals surface area contributed by atoms with Crippen molar-refractivity contribution in [1.82, 2.24) is 25.2 Å². The number of nitrogens with zero attached hydrogens (tertiary/aromatic N) is 6. The number of hydrogen-bond donors (Lipinski definition) is 0. The van der Waals surface area contributed by atoms with E-state index in [1.165, 1.54) is 11.8 Å². The van der Waals surface area contributed by atoms with Gasteiger partial charge in [-0.05, 0) is 53.4 Å². The lowest BCUT2D eigenvalue weighted by atomic mass is 10.0. The molecule has 9 nitrogen and oxygen atoms in total. The number of carbonyl (C=O) groups is 1. The zero-order valence-electron chi connectivity index (χ0n) is 18.3. The fraction of sp³-hybridized carbons (Fsp3) is 0.381. The number of ether oxygens (including phenoxy) is 2. The molecule has 1 amide bonds. The van der Waals surface area contributed by atoms with Crippen molar-refractivity contribution >= 4 is 34.7 Å². The normalized spacial score (nSPS) is 15.8. The van der Waals surface area contributed by atoms with E-state index in [1.807, 2.05) is 49.6 Å². The molecule has 0 spiro atoms. The van der Waals surface area contributed by atoms with Crippen LogP contribution >= 0.6 is 23.1 Å². The van der Waals surface area contributed by atoms with Gasteiger partial charge in [0, 0.05) is 6.42 Å². The lowest BCUT2D eigenvalue weighted by Crippen LogP contribution is -2.28. The summed E-state index contributed by atoms with van der Waals surface area (Å²) in [6.45, 7) is 3.99. The molecule has 2 aromatic heterocycles. The molecular weight excluding hydrogens is 448 g/mol. The van der Waals surface area contributed by atoms with Gasteiger partial charge >= 0.3 is 0 Å². The smallest absolute Gasteiger partial charge is 0.253 e. The summed E-state index contributed by atoms with van der Waals surface area (Å²) in [4.78, 5) is 14.3. The lowest BCUT2D eigenvalue weighted by molar-refractivity contribution is -0.130. The second kappa shape index (κ2) is 9.70. The molecule has 0 aliphatic carbocycles. The van der Waals surface area contributed by atoms with Crippen LogP contribution in [0.1, 0.15) is 42.8 Å². The average Bonchev–Trinajstić information content (AvgIpc) is 3.56. The average molecular weight is 473 g/mol. The topological polar surface area (TPSA) is 94.7 Å². The molecule has 1 atom stereocenters. The lowest BCUT2D eigenvalue weighted by Gasteiger charge is -2.22. The Balaban J connectivity index is 1.59. The largest absolute Gasteiger partial charge is 0.493 e. The number of tetrazole rings is 1. The van der Waals surface area contributed by atoms with Crippen LogP contribution in [0, 0.1) is 0 Å². The van der Waals surface area contributed by atoms with Crippen molar-refractivity contribution in [2.75, 3.05) is 20.0 Å². The van der Waals surface area contributed by atoms with Gasteiger partial charge in [0.25, 0.3) is 5.91 Å². The zero-order valence-corrected chi connectivity index (χ0v) is 19.9. The van der Waals surface area contributed by atoms with Crippen molar-refractivity contribution in [2.45, 2.75) is 37.5 Å². The molecule has 0 saturated heterocycles. The number of amides is 1. The first-order valence-electron chi connectivity index (χ1n) is 10.1. The van der Waals surface area contributed by atoms with E-state index in [2.05, 4.69) is 15.5 Å². The van der Waals surface area contributed by atoms with Gasteiger partial charge in [0.2, 0.25) is 5.16 Å². The molecule has 32 heavy (non-hydrogen) atoms. The Morgan fingerprint density at radius 3 is 2.75 bits per heavy atom. The number of thioether (sulfide) groups is 1. The van der Waals surface area contributed by atoms with Crippen molar-refractivity contribution < 1.29 is 14.3 Å². The summed E-state index contributed by atoms with van der Waals surface area (Å²) >= 11 is 2.92. The van der Waals surface area contributed by atoms with Crippen LogP contribution in [0.3, 0.4) is 0 Å². The maximum atomic E-state index is 13.3. The molecule has 0 N–H and O–H groups in total. The van der Waals surface area contributed by atoms with Gasteiger partial charge in [-0.1, -0.05) is 23.9 Å². The van der Waals surface area contributed by atoms with Gasteiger partial charge in [0.15, 0.2) is 11.5 Å². The first kappa shape index (κ1) is 22.3. The molecular formula is C21H24N6O3S2. The molecule has 1 aromatic carbocycles. The van der Waals surface area contributed by atoms with Crippen molar-refractivity contribution in [3.8, 4) is 11.5 Å². The molecule has 1 aliphatic rings. The highest BCUT2D eigenvalue weighted by atomic mass is 32.2. The molecule has 0 saturated carbocycles. The molecule has 3 aromatic rings. The summed E-state index contributed by atoms with van der Waals surface area (Å²) in [6.07, 6.45) is 0.621. The fourth-order valence-electron chi connectivity index (χ4n) is 3.45. The van der Waals surface area contributed by atoms with Gasteiger partial charge in [-0.25, -0.2) is 9.69 Å². The molecule has 0 radical (unpaired) electrons. The van der Waals surface area contributed by atoms with Crippen molar-refractivity contribution in [3.63, 3.8) is 0 Å². The van der Waals surface area contributed by atoms with Gasteiger partial charge in [0.05, 0.1) is 42.6 Å².